The average molecular weight is 257 g/mol. The van der Waals surface area contributed by atoms with Crippen LogP contribution >= 0.6 is 0 Å². The highest BCUT2D eigenvalue weighted by atomic mass is 16.4. The number of hydrogen-bond donors (Lipinski definition) is 1. The fraction of sp³-hybridized carbons (Fsp3) is 0.200. The minimum atomic E-state index is -0.591. The van der Waals surface area contributed by atoms with Crippen LogP contribution in [0.2, 0.25) is 0 Å². The van der Waals surface area contributed by atoms with Gasteiger partial charge in [-0.3, -0.25) is 4.99 Å². The molecule has 1 heterocycles. The van der Waals surface area contributed by atoms with E-state index in [0.717, 1.165) is 16.8 Å². The summed E-state index contributed by atoms with van der Waals surface area (Å²) in [7, 11) is 0. The monoisotopic (exact) mass is 257 g/mol. The lowest BCUT2D eigenvalue weighted by atomic mass is 10.1. The predicted octanol–water partition coefficient (Wildman–Crippen LogP) is 3.02. The van der Waals surface area contributed by atoms with Crippen LogP contribution in [0.5, 0.6) is 5.75 Å². The van der Waals surface area contributed by atoms with Crippen LogP contribution in [0.1, 0.15) is 22.5 Å². The smallest absolute Gasteiger partial charge is 0.348 e. The molecule has 0 aliphatic heterocycles. The fourth-order valence-electron chi connectivity index (χ4n) is 1.73. The predicted molar refractivity (Wildman–Crippen MR) is 74.5 cm³/mol. The van der Waals surface area contributed by atoms with Gasteiger partial charge in [-0.15, -0.1) is 0 Å². The number of aliphatic imine (C=N–C) groups is 1. The molecule has 1 aromatic heterocycles. The molecule has 4 nitrogen and oxygen atoms in total. The lowest BCUT2D eigenvalue weighted by Crippen LogP contribution is -2.07. The largest absolute Gasteiger partial charge is 0.507 e. The summed E-state index contributed by atoms with van der Waals surface area (Å²) < 4.78 is 4.92. The van der Waals surface area contributed by atoms with Crippen LogP contribution < -0.4 is 5.63 Å². The summed E-state index contributed by atoms with van der Waals surface area (Å²) in [5, 5.41) is 9.72. The molecular weight excluding hydrogens is 242 g/mol. The number of hydrogen-bond acceptors (Lipinski definition) is 4. The quantitative estimate of drug-likeness (QED) is 0.841. The molecule has 0 radical (unpaired) electrons. The molecule has 0 fully saturated rings. The zero-order valence-corrected chi connectivity index (χ0v) is 11.1. The number of aryl methyl sites for hydroxylation is 2. The highest BCUT2D eigenvalue weighted by Crippen LogP contribution is 2.21. The van der Waals surface area contributed by atoms with Gasteiger partial charge in [0.25, 0.3) is 0 Å². The summed E-state index contributed by atoms with van der Waals surface area (Å²) in [6, 6.07) is 7.14. The molecule has 1 aromatic carbocycles. The van der Waals surface area contributed by atoms with E-state index in [2.05, 4.69) is 4.99 Å². The van der Waals surface area contributed by atoms with Crippen molar-refractivity contribution >= 4 is 11.9 Å². The lowest BCUT2D eigenvalue weighted by molar-refractivity contribution is 0.433. The van der Waals surface area contributed by atoms with Gasteiger partial charge < -0.3 is 9.52 Å². The lowest BCUT2D eigenvalue weighted by Gasteiger charge is -2.03. The molecule has 0 aliphatic rings. The standard InChI is InChI=1S/C15H15NO3/c1-9-5-4-6-13(11(9)3)16-8-12-14(17)7-10(2)19-15(12)18/h4-8,17H,1-3H3. The summed E-state index contributed by atoms with van der Waals surface area (Å²) in [6.07, 6.45) is 1.34. The molecule has 0 spiro atoms. The van der Waals surface area contributed by atoms with Crippen LogP contribution in [-0.4, -0.2) is 11.3 Å². The van der Waals surface area contributed by atoms with E-state index in [0.29, 0.717) is 5.76 Å². The average Bonchev–Trinajstić information content (AvgIpc) is 2.33. The molecule has 4 heteroatoms. The Labute approximate surface area is 111 Å². The van der Waals surface area contributed by atoms with E-state index in [1.807, 2.05) is 32.0 Å². The normalized spacial score (nSPS) is 11.1. The number of nitrogens with zero attached hydrogens (tertiary/aromatic N) is 1. The minimum absolute atomic E-state index is 0.0616. The first-order valence-corrected chi connectivity index (χ1v) is 5.93. The summed E-state index contributed by atoms with van der Waals surface area (Å²) in [4.78, 5) is 15.9. The Morgan fingerprint density at radius 2 is 2.00 bits per heavy atom. The topological polar surface area (TPSA) is 62.8 Å². The van der Waals surface area contributed by atoms with Crippen molar-refractivity contribution in [2.45, 2.75) is 20.8 Å². The molecule has 0 saturated carbocycles. The van der Waals surface area contributed by atoms with Gasteiger partial charge in [-0.1, -0.05) is 12.1 Å². The zero-order chi connectivity index (χ0) is 14.0. The summed E-state index contributed by atoms with van der Waals surface area (Å²) >= 11 is 0. The van der Waals surface area contributed by atoms with Crippen molar-refractivity contribution in [1.82, 2.24) is 0 Å². The summed E-state index contributed by atoms with van der Waals surface area (Å²) in [5.41, 5.74) is 2.39. The van der Waals surface area contributed by atoms with Gasteiger partial charge in [0, 0.05) is 12.3 Å². The molecule has 98 valence electrons. The second-order valence-electron chi connectivity index (χ2n) is 4.42. The summed E-state index contributed by atoms with van der Waals surface area (Å²) in [5.74, 6) is 0.245. The number of benzene rings is 1. The van der Waals surface area contributed by atoms with Crippen LogP contribution in [0, 0.1) is 20.8 Å². The van der Waals surface area contributed by atoms with E-state index in [1.165, 1.54) is 12.3 Å². The molecule has 0 amide bonds. The van der Waals surface area contributed by atoms with Gasteiger partial charge in [-0.25, -0.2) is 4.79 Å². The Kier molecular flexibility index (Phi) is 3.51. The Hall–Kier alpha value is -2.36. The van der Waals surface area contributed by atoms with E-state index in [-0.39, 0.29) is 11.3 Å². The first-order valence-electron chi connectivity index (χ1n) is 5.93. The minimum Gasteiger partial charge on any atom is -0.507 e. The molecule has 19 heavy (non-hydrogen) atoms. The molecule has 0 unspecified atom stereocenters. The molecule has 1 N–H and O–H groups in total. The van der Waals surface area contributed by atoms with Crippen molar-refractivity contribution in [2.75, 3.05) is 0 Å². The first kappa shape index (κ1) is 13.1. The van der Waals surface area contributed by atoms with Crippen LogP contribution in [-0.2, 0) is 0 Å². The third-order valence-electron chi connectivity index (χ3n) is 3.00. The van der Waals surface area contributed by atoms with E-state index >= 15 is 0 Å². The Balaban J connectivity index is 2.44. The van der Waals surface area contributed by atoms with E-state index in [4.69, 9.17) is 4.42 Å². The third kappa shape index (κ3) is 2.73. The molecule has 2 rings (SSSR count). The Bertz CT molecular complexity index is 699. The van der Waals surface area contributed by atoms with Crippen molar-refractivity contribution in [3.8, 4) is 5.75 Å². The number of aromatic hydroxyl groups is 1. The number of rotatable bonds is 2. The molecule has 0 atom stereocenters. The van der Waals surface area contributed by atoms with E-state index < -0.39 is 5.63 Å². The summed E-state index contributed by atoms with van der Waals surface area (Å²) in [6.45, 7) is 5.55. The maximum absolute atomic E-state index is 11.6. The SMILES string of the molecule is Cc1cc(O)c(C=Nc2cccc(C)c2C)c(=O)o1. The van der Waals surface area contributed by atoms with Crippen LogP contribution in [0.15, 0.2) is 38.5 Å². The van der Waals surface area contributed by atoms with Crippen molar-refractivity contribution in [2.24, 2.45) is 4.99 Å². The Morgan fingerprint density at radius 3 is 2.68 bits per heavy atom. The molecular formula is C15H15NO3. The van der Waals surface area contributed by atoms with Gasteiger partial charge in [0.15, 0.2) is 0 Å². The molecule has 0 aliphatic carbocycles. The molecule has 2 aromatic rings. The van der Waals surface area contributed by atoms with E-state index in [9.17, 15) is 9.90 Å². The van der Waals surface area contributed by atoms with Crippen LogP contribution in [0.25, 0.3) is 0 Å². The first-order chi connectivity index (χ1) is 8.99. The molecule has 0 saturated heterocycles. The van der Waals surface area contributed by atoms with Crippen LogP contribution in [0.3, 0.4) is 0 Å². The van der Waals surface area contributed by atoms with Crippen molar-refractivity contribution in [3.05, 3.63) is 57.1 Å². The second-order valence-corrected chi connectivity index (χ2v) is 4.42. The fourth-order valence-corrected chi connectivity index (χ4v) is 1.73. The highest BCUT2D eigenvalue weighted by molar-refractivity contribution is 5.84. The van der Waals surface area contributed by atoms with Gasteiger partial charge >= 0.3 is 5.63 Å². The van der Waals surface area contributed by atoms with Gasteiger partial charge in [0.05, 0.1) is 5.69 Å². The van der Waals surface area contributed by atoms with Crippen LogP contribution in [0.4, 0.5) is 5.69 Å². The third-order valence-corrected chi connectivity index (χ3v) is 3.00. The van der Waals surface area contributed by atoms with Crippen molar-refractivity contribution in [3.63, 3.8) is 0 Å². The van der Waals surface area contributed by atoms with Gasteiger partial charge in [-0.2, -0.15) is 0 Å². The maximum atomic E-state index is 11.6. The zero-order valence-electron chi connectivity index (χ0n) is 11.1. The molecule has 0 bridgehead atoms. The van der Waals surface area contributed by atoms with Gasteiger partial charge in [0.1, 0.15) is 17.1 Å². The van der Waals surface area contributed by atoms with Crippen molar-refractivity contribution < 1.29 is 9.52 Å². The van der Waals surface area contributed by atoms with Crippen molar-refractivity contribution in [1.29, 1.82) is 0 Å². The van der Waals surface area contributed by atoms with Gasteiger partial charge in [0.2, 0.25) is 0 Å². The maximum Gasteiger partial charge on any atom is 0.348 e. The van der Waals surface area contributed by atoms with Gasteiger partial charge in [-0.05, 0) is 38.0 Å². The second kappa shape index (κ2) is 5.10. The Morgan fingerprint density at radius 1 is 1.26 bits per heavy atom. The van der Waals surface area contributed by atoms with E-state index in [1.54, 1.807) is 6.92 Å². The highest BCUT2D eigenvalue weighted by Gasteiger charge is 2.07.